The van der Waals surface area contributed by atoms with Crippen molar-refractivity contribution in [2.45, 2.75) is 45.1 Å². The molecule has 1 fully saturated rings. The Bertz CT molecular complexity index is 1150. The second kappa shape index (κ2) is 11.6. The van der Waals surface area contributed by atoms with Crippen LogP contribution >= 0.6 is 0 Å². The summed E-state index contributed by atoms with van der Waals surface area (Å²) in [7, 11) is 0. The molecule has 1 aliphatic heterocycles. The van der Waals surface area contributed by atoms with Gasteiger partial charge < -0.3 is 9.47 Å². The minimum atomic E-state index is -0.981. The summed E-state index contributed by atoms with van der Waals surface area (Å²) in [6.45, 7) is 6.78. The summed E-state index contributed by atoms with van der Waals surface area (Å²) in [6.07, 6.45) is 6.12. The summed E-state index contributed by atoms with van der Waals surface area (Å²) in [5, 5.41) is 0. The van der Waals surface area contributed by atoms with Crippen molar-refractivity contribution in [2.75, 3.05) is 13.2 Å². The van der Waals surface area contributed by atoms with Crippen molar-refractivity contribution in [2.24, 2.45) is 5.92 Å². The van der Waals surface area contributed by atoms with Crippen LogP contribution in [0.5, 0.6) is 5.75 Å². The minimum Gasteiger partial charge on any atom is -0.490 e. The van der Waals surface area contributed by atoms with Crippen LogP contribution in [0.25, 0.3) is 22.3 Å². The van der Waals surface area contributed by atoms with E-state index in [-0.39, 0.29) is 23.2 Å². The molecule has 184 valence electrons. The predicted molar refractivity (Wildman–Crippen MR) is 134 cm³/mol. The van der Waals surface area contributed by atoms with Gasteiger partial charge in [-0.05, 0) is 54.2 Å². The molecule has 3 aromatic carbocycles. The van der Waals surface area contributed by atoms with E-state index in [1.54, 1.807) is 30.3 Å². The second-order valence-corrected chi connectivity index (χ2v) is 9.00. The van der Waals surface area contributed by atoms with Crippen molar-refractivity contribution in [3.8, 4) is 28.0 Å². The third-order valence-corrected chi connectivity index (χ3v) is 6.57. The highest BCUT2D eigenvalue weighted by Gasteiger charge is 2.24. The number of unbranched alkanes of at least 4 members (excludes halogenated alkanes) is 2. The van der Waals surface area contributed by atoms with E-state index in [4.69, 9.17) is 9.47 Å². The van der Waals surface area contributed by atoms with Gasteiger partial charge in [0.15, 0.2) is 11.6 Å². The lowest BCUT2D eigenvalue weighted by atomic mass is 9.93. The standard InChI is InChI=1S/C30H31F3O2/c1-3-5-6-17-34-28-16-14-24(29(32)30(28)33)22-10-8-21(9-11-22)23-12-13-25(26(31)18-23)27-15-7-20(4-2)19-35-27/h4,8-14,16,18,20,27H,2-3,5-7,15,17,19H2,1H3. The highest BCUT2D eigenvalue weighted by molar-refractivity contribution is 5.71. The van der Waals surface area contributed by atoms with Crippen LogP contribution in [0.4, 0.5) is 13.2 Å². The lowest BCUT2D eigenvalue weighted by Gasteiger charge is -2.28. The molecule has 0 aromatic heterocycles. The maximum absolute atomic E-state index is 14.9. The first-order valence-corrected chi connectivity index (χ1v) is 12.3. The average molecular weight is 481 g/mol. The van der Waals surface area contributed by atoms with Crippen molar-refractivity contribution in [1.82, 2.24) is 0 Å². The average Bonchev–Trinajstić information content (AvgIpc) is 2.89. The van der Waals surface area contributed by atoms with Crippen LogP contribution in [0.2, 0.25) is 0 Å². The van der Waals surface area contributed by atoms with Gasteiger partial charge in [-0.25, -0.2) is 8.78 Å². The smallest absolute Gasteiger partial charge is 0.201 e. The van der Waals surface area contributed by atoms with Gasteiger partial charge in [0, 0.05) is 17.0 Å². The van der Waals surface area contributed by atoms with Crippen molar-refractivity contribution < 1.29 is 22.6 Å². The number of hydrogen-bond donors (Lipinski definition) is 0. The van der Waals surface area contributed by atoms with Gasteiger partial charge in [0.25, 0.3) is 0 Å². The molecular formula is C30H31F3O2. The molecule has 1 saturated heterocycles. The zero-order valence-electron chi connectivity index (χ0n) is 20.0. The molecule has 5 heteroatoms. The van der Waals surface area contributed by atoms with Crippen LogP contribution in [0.3, 0.4) is 0 Å². The van der Waals surface area contributed by atoms with Crippen LogP contribution in [0.1, 0.15) is 50.7 Å². The quantitative estimate of drug-likeness (QED) is 0.225. The van der Waals surface area contributed by atoms with Crippen LogP contribution in [-0.2, 0) is 4.74 Å². The van der Waals surface area contributed by atoms with E-state index < -0.39 is 11.6 Å². The van der Waals surface area contributed by atoms with Gasteiger partial charge in [-0.2, -0.15) is 4.39 Å². The zero-order chi connectivity index (χ0) is 24.8. The first-order chi connectivity index (χ1) is 17.0. The topological polar surface area (TPSA) is 18.5 Å². The molecule has 35 heavy (non-hydrogen) atoms. The first-order valence-electron chi connectivity index (χ1n) is 12.3. The lowest BCUT2D eigenvalue weighted by Crippen LogP contribution is -2.19. The third kappa shape index (κ3) is 5.79. The maximum atomic E-state index is 14.9. The number of hydrogen-bond acceptors (Lipinski definition) is 2. The summed E-state index contributed by atoms with van der Waals surface area (Å²) < 4.78 is 55.4. The molecule has 0 saturated carbocycles. The van der Waals surface area contributed by atoms with Crippen LogP contribution < -0.4 is 4.74 Å². The van der Waals surface area contributed by atoms with E-state index in [0.717, 1.165) is 37.7 Å². The van der Waals surface area contributed by atoms with Crippen molar-refractivity contribution in [1.29, 1.82) is 0 Å². The van der Waals surface area contributed by atoms with E-state index in [1.807, 2.05) is 12.1 Å². The SMILES string of the molecule is C=CC1CCC(c2ccc(-c3ccc(-c4ccc(OCCCCC)c(F)c4F)cc3)cc2F)OC1. The highest BCUT2D eigenvalue weighted by Crippen LogP contribution is 2.35. The Morgan fingerprint density at radius 3 is 2.31 bits per heavy atom. The number of ether oxygens (including phenoxy) is 2. The fraction of sp³-hybridized carbons (Fsp3) is 0.333. The predicted octanol–water partition coefficient (Wildman–Crippen LogP) is 8.66. The van der Waals surface area contributed by atoms with Crippen LogP contribution in [0, 0.1) is 23.4 Å². The highest BCUT2D eigenvalue weighted by atomic mass is 19.2. The summed E-state index contributed by atoms with van der Waals surface area (Å²) in [6, 6.07) is 15.1. The minimum absolute atomic E-state index is 0.0727. The zero-order valence-corrected chi connectivity index (χ0v) is 20.0. The Morgan fingerprint density at radius 1 is 0.914 bits per heavy atom. The summed E-state index contributed by atoms with van der Waals surface area (Å²) >= 11 is 0. The van der Waals surface area contributed by atoms with Crippen LogP contribution in [-0.4, -0.2) is 13.2 Å². The Kier molecular flexibility index (Phi) is 8.29. The summed E-state index contributed by atoms with van der Waals surface area (Å²) in [5.41, 5.74) is 2.74. The third-order valence-electron chi connectivity index (χ3n) is 6.57. The number of benzene rings is 3. The van der Waals surface area contributed by atoms with Gasteiger partial charge in [-0.1, -0.05) is 62.2 Å². The maximum Gasteiger partial charge on any atom is 0.201 e. The molecule has 2 unspecified atom stereocenters. The second-order valence-electron chi connectivity index (χ2n) is 9.00. The molecule has 1 heterocycles. The summed E-state index contributed by atoms with van der Waals surface area (Å²) in [5.74, 6) is -1.98. The molecular weight excluding hydrogens is 449 g/mol. The molecule has 2 atom stereocenters. The van der Waals surface area contributed by atoms with E-state index in [0.29, 0.717) is 35.8 Å². The van der Waals surface area contributed by atoms with Gasteiger partial charge >= 0.3 is 0 Å². The molecule has 3 aromatic rings. The molecule has 0 bridgehead atoms. The van der Waals surface area contributed by atoms with Gasteiger partial charge in [0.1, 0.15) is 5.82 Å². The van der Waals surface area contributed by atoms with Gasteiger partial charge in [-0.3, -0.25) is 0 Å². The van der Waals surface area contributed by atoms with E-state index >= 15 is 0 Å². The molecule has 1 aliphatic rings. The normalized spacial score (nSPS) is 17.8. The fourth-order valence-electron chi connectivity index (χ4n) is 4.41. The Balaban J connectivity index is 1.48. The molecule has 4 rings (SSSR count). The Hall–Kier alpha value is -3.05. The van der Waals surface area contributed by atoms with Gasteiger partial charge in [0.2, 0.25) is 5.82 Å². The number of halogens is 3. The Labute approximate surface area is 205 Å². The molecule has 0 spiro atoms. The van der Waals surface area contributed by atoms with Gasteiger partial charge in [-0.15, -0.1) is 6.58 Å². The molecule has 0 aliphatic carbocycles. The Morgan fingerprint density at radius 2 is 1.66 bits per heavy atom. The van der Waals surface area contributed by atoms with E-state index in [1.165, 1.54) is 18.2 Å². The first kappa shape index (κ1) is 25.1. The van der Waals surface area contributed by atoms with E-state index in [2.05, 4.69) is 13.5 Å². The van der Waals surface area contributed by atoms with E-state index in [9.17, 15) is 13.2 Å². The van der Waals surface area contributed by atoms with Crippen molar-refractivity contribution in [3.05, 3.63) is 90.3 Å². The van der Waals surface area contributed by atoms with Crippen molar-refractivity contribution in [3.63, 3.8) is 0 Å². The molecule has 0 amide bonds. The fourth-order valence-corrected chi connectivity index (χ4v) is 4.41. The molecule has 2 nitrogen and oxygen atoms in total. The largest absolute Gasteiger partial charge is 0.490 e. The molecule has 0 N–H and O–H groups in total. The lowest BCUT2D eigenvalue weighted by molar-refractivity contribution is -0.00700. The van der Waals surface area contributed by atoms with Crippen LogP contribution in [0.15, 0.2) is 67.3 Å². The monoisotopic (exact) mass is 480 g/mol. The molecule has 0 radical (unpaired) electrons. The summed E-state index contributed by atoms with van der Waals surface area (Å²) in [4.78, 5) is 0. The van der Waals surface area contributed by atoms with Crippen molar-refractivity contribution >= 4 is 0 Å². The number of rotatable bonds is 9. The van der Waals surface area contributed by atoms with Gasteiger partial charge in [0.05, 0.1) is 19.3 Å².